The summed E-state index contributed by atoms with van der Waals surface area (Å²) in [7, 11) is 2.11. The molecule has 116 valence electrons. The maximum Gasteiger partial charge on any atom is 0.0642 e. The molecule has 0 atom stereocenters. The van der Waals surface area contributed by atoms with Crippen molar-refractivity contribution >= 4 is 11.4 Å². The molecule has 1 aromatic heterocycles. The number of anilines is 2. The molecule has 0 saturated carbocycles. The predicted molar refractivity (Wildman–Crippen MR) is 90.6 cm³/mol. The number of ether oxygens (including phenoxy) is 1. The Morgan fingerprint density at radius 1 is 1.14 bits per heavy atom. The van der Waals surface area contributed by atoms with Gasteiger partial charge < -0.3 is 14.5 Å². The van der Waals surface area contributed by atoms with Crippen LogP contribution in [-0.4, -0.2) is 38.3 Å². The number of rotatable bonds is 4. The van der Waals surface area contributed by atoms with Crippen LogP contribution in [0.2, 0.25) is 0 Å². The quantitative estimate of drug-likeness (QED) is 0.867. The summed E-state index contributed by atoms with van der Waals surface area (Å²) in [6.07, 6.45) is 1.86. The van der Waals surface area contributed by atoms with Crippen molar-refractivity contribution in [1.29, 1.82) is 0 Å². The van der Waals surface area contributed by atoms with Gasteiger partial charge in [0, 0.05) is 37.7 Å². The monoisotopic (exact) mass is 297 g/mol. The summed E-state index contributed by atoms with van der Waals surface area (Å²) in [4.78, 5) is 9.08. The van der Waals surface area contributed by atoms with E-state index in [1.807, 2.05) is 12.3 Å². The number of morpholine rings is 1. The maximum atomic E-state index is 5.40. The van der Waals surface area contributed by atoms with Crippen LogP contribution in [0.3, 0.4) is 0 Å². The Labute approximate surface area is 132 Å². The molecule has 1 aliphatic heterocycles. The summed E-state index contributed by atoms with van der Waals surface area (Å²) >= 11 is 0. The Hall–Kier alpha value is -2.07. The zero-order chi connectivity index (χ0) is 15.4. The van der Waals surface area contributed by atoms with Gasteiger partial charge in [-0.3, -0.25) is 4.98 Å². The third kappa shape index (κ3) is 3.39. The Kier molecular flexibility index (Phi) is 4.59. The molecule has 0 spiro atoms. The van der Waals surface area contributed by atoms with Gasteiger partial charge in [-0.2, -0.15) is 0 Å². The van der Waals surface area contributed by atoms with Crippen LogP contribution in [0.1, 0.15) is 11.3 Å². The first-order chi connectivity index (χ1) is 10.7. The van der Waals surface area contributed by atoms with E-state index in [9.17, 15) is 0 Å². The number of aromatic nitrogens is 1. The molecule has 4 nitrogen and oxygen atoms in total. The average molecular weight is 297 g/mol. The lowest BCUT2D eigenvalue weighted by Gasteiger charge is -2.29. The first kappa shape index (κ1) is 14.9. The highest BCUT2D eigenvalue weighted by Crippen LogP contribution is 2.22. The van der Waals surface area contributed by atoms with Gasteiger partial charge in [0.15, 0.2) is 0 Å². The van der Waals surface area contributed by atoms with Gasteiger partial charge in [0.2, 0.25) is 0 Å². The summed E-state index contributed by atoms with van der Waals surface area (Å²) in [5.74, 6) is 0. The molecule has 0 amide bonds. The zero-order valence-corrected chi connectivity index (χ0v) is 13.3. The second-order valence-electron chi connectivity index (χ2n) is 5.74. The number of benzene rings is 1. The molecule has 0 N–H and O–H groups in total. The Morgan fingerprint density at radius 3 is 2.55 bits per heavy atom. The largest absolute Gasteiger partial charge is 0.378 e. The van der Waals surface area contributed by atoms with Crippen molar-refractivity contribution in [1.82, 2.24) is 4.98 Å². The Morgan fingerprint density at radius 2 is 1.86 bits per heavy atom. The average Bonchev–Trinajstić information content (AvgIpc) is 2.58. The summed E-state index contributed by atoms with van der Waals surface area (Å²) in [6.45, 7) is 6.52. The van der Waals surface area contributed by atoms with E-state index in [1.54, 1.807) is 0 Å². The van der Waals surface area contributed by atoms with Crippen molar-refractivity contribution in [2.24, 2.45) is 0 Å². The fraction of sp³-hybridized carbons (Fsp3) is 0.389. The topological polar surface area (TPSA) is 28.6 Å². The molecule has 0 aliphatic carbocycles. The van der Waals surface area contributed by atoms with Crippen LogP contribution in [0.4, 0.5) is 11.4 Å². The van der Waals surface area contributed by atoms with Gasteiger partial charge in [-0.05, 0) is 42.8 Å². The second kappa shape index (κ2) is 6.79. The van der Waals surface area contributed by atoms with E-state index in [0.717, 1.165) is 38.5 Å². The molecule has 0 bridgehead atoms. The van der Waals surface area contributed by atoms with Gasteiger partial charge in [0.25, 0.3) is 0 Å². The van der Waals surface area contributed by atoms with Gasteiger partial charge in [-0.15, -0.1) is 0 Å². The van der Waals surface area contributed by atoms with Gasteiger partial charge in [-0.1, -0.05) is 6.07 Å². The number of pyridine rings is 1. The minimum Gasteiger partial charge on any atom is -0.378 e. The molecule has 1 fully saturated rings. The molecule has 4 heteroatoms. The van der Waals surface area contributed by atoms with Gasteiger partial charge in [-0.25, -0.2) is 0 Å². The maximum absolute atomic E-state index is 5.40. The van der Waals surface area contributed by atoms with Crippen molar-refractivity contribution in [3.05, 3.63) is 53.9 Å². The lowest BCUT2D eigenvalue weighted by atomic mass is 10.2. The van der Waals surface area contributed by atoms with Gasteiger partial charge in [0.05, 0.1) is 25.5 Å². The third-order valence-electron chi connectivity index (χ3n) is 4.17. The molecule has 1 aromatic carbocycles. The summed E-state index contributed by atoms with van der Waals surface area (Å²) < 4.78 is 5.40. The molecular formula is C18H23N3O. The van der Waals surface area contributed by atoms with Crippen LogP contribution >= 0.6 is 0 Å². The van der Waals surface area contributed by atoms with Crippen LogP contribution in [0, 0.1) is 6.92 Å². The highest BCUT2D eigenvalue weighted by atomic mass is 16.5. The molecular weight excluding hydrogens is 274 g/mol. The first-order valence-electron chi connectivity index (χ1n) is 7.78. The fourth-order valence-electron chi connectivity index (χ4n) is 2.74. The molecule has 0 unspecified atom stereocenters. The summed E-state index contributed by atoms with van der Waals surface area (Å²) in [5.41, 5.74) is 4.85. The standard InChI is InChI=1S/C18H23N3O/c1-15-4-3-9-19-18(15)14-20(2)16-5-7-17(8-6-16)21-10-12-22-13-11-21/h3-9H,10-14H2,1-2H3. The van der Waals surface area contributed by atoms with Crippen molar-refractivity contribution < 1.29 is 4.74 Å². The van der Waals surface area contributed by atoms with E-state index in [1.165, 1.54) is 16.9 Å². The zero-order valence-electron chi connectivity index (χ0n) is 13.3. The Balaban J connectivity index is 1.68. The van der Waals surface area contributed by atoms with E-state index in [2.05, 4.69) is 59.1 Å². The number of nitrogens with zero attached hydrogens (tertiary/aromatic N) is 3. The van der Waals surface area contributed by atoms with Crippen molar-refractivity contribution in [2.75, 3.05) is 43.2 Å². The van der Waals surface area contributed by atoms with Gasteiger partial charge in [0.1, 0.15) is 0 Å². The highest BCUT2D eigenvalue weighted by Gasteiger charge is 2.11. The second-order valence-corrected chi connectivity index (χ2v) is 5.74. The minimum absolute atomic E-state index is 0.820. The van der Waals surface area contributed by atoms with Crippen LogP contribution in [0.5, 0.6) is 0 Å². The molecule has 3 rings (SSSR count). The molecule has 1 saturated heterocycles. The van der Waals surface area contributed by atoms with E-state index in [0.29, 0.717) is 0 Å². The predicted octanol–water partition coefficient (Wildman–Crippen LogP) is 2.86. The van der Waals surface area contributed by atoms with Crippen molar-refractivity contribution in [3.63, 3.8) is 0 Å². The van der Waals surface area contributed by atoms with E-state index in [4.69, 9.17) is 4.74 Å². The van der Waals surface area contributed by atoms with Crippen molar-refractivity contribution in [3.8, 4) is 0 Å². The number of hydrogen-bond donors (Lipinski definition) is 0. The molecule has 22 heavy (non-hydrogen) atoms. The molecule has 0 radical (unpaired) electrons. The fourth-order valence-corrected chi connectivity index (χ4v) is 2.74. The number of hydrogen-bond acceptors (Lipinski definition) is 4. The third-order valence-corrected chi connectivity index (χ3v) is 4.17. The van der Waals surface area contributed by atoms with Crippen LogP contribution in [0.15, 0.2) is 42.6 Å². The van der Waals surface area contributed by atoms with Crippen molar-refractivity contribution in [2.45, 2.75) is 13.5 Å². The minimum atomic E-state index is 0.820. The lowest BCUT2D eigenvalue weighted by molar-refractivity contribution is 0.122. The van der Waals surface area contributed by atoms with E-state index < -0.39 is 0 Å². The normalized spacial score (nSPS) is 14.9. The molecule has 1 aliphatic rings. The van der Waals surface area contributed by atoms with Crippen LogP contribution in [-0.2, 0) is 11.3 Å². The van der Waals surface area contributed by atoms with Crippen LogP contribution in [0.25, 0.3) is 0 Å². The smallest absolute Gasteiger partial charge is 0.0642 e. The summed E-state index contributed by atoms with van der Waals surface area (Å²) in [6, 6.07) is 12.9. The summed E-state index contributed by atoms with van der Waals surface area (Å²) in [5, 5.41) is 0. The van der Waals surface area contributed by atoms with E-state index >= 15 is 0 Å². The lowest BCUT2D eigenvalue weighted by Crippen LogP contribution is -2.36. The highest BCUT2D eigenvalue weighted by molar-refractivity contribution is 5.56. The molecule has 2 heterocycles. The molecule has 2 aromatic rings. The first-order valence-corrected chi connectivity index (χ1v) is 7.78. The SMILES string of the molecule is Cc1cccnc1CN(C)c1ccc(N2CCOCC2)cc1. The van der Waals surface area contributed by atoms with E-state index in [-0.39, 0.29) is 0 Å². The van der Waals surface area contributed by atoms with Crippen LogP contribution < -0.4 is 9.80 Å². The number of aryl methyl sites for hydroxylation is 1. The van der Waals surface area contributed by atoms with Gasteiger partial charge >= 0.3 is 0 Å². The Bertz CT molecular complexity index is 606.